The summed E-state index contributed by atoms with van der Waals surface area (Å²) in [6.07, 6.45) is 0. The summed E-state index contributed by atoms with van der Waals surface area (Å²) in [6.45, 7) is 14.2. The van der Waals surface area contributed by atoms with Gasteiger partial charge in [-0.2, -0.15) is 4.98 Å². The van der Waals surface area contributed by atoms with E-state index in [1.54, 1.807) is 7.05 Å². The van der Waals surface area contributed by atoms with Crippen LogP contribution in [0.2, 0.25) is 0 Å². The minimum absolute atomic E-state index is 0.0766. The van der Waals surface area contributed by atoms with Crippen LogP contribution in [-0.2, 0) is 16.8 Å². The molecule has 1 fully saturated rings. The second-order valence-corrected chi connectivity index (χ2v) is 8.15. The van der Waals surface area contributed by atoms with Crippen LogP contribution in [0.1, 0.15) is 46.3 Å². The van der Waals surface area contributed by atoms with Crippen molar-refractivity contribution in [1.82, 2.24) is 30.6 Å². The Morgan fingerprint density at radius 3 is 2.44 bits per heavy atom. The molecule has 1 aliphatic heterocycles. The molecule has 0 unspecified atom stereocenters. The van der Waals surface area contributed by atoms with Crippen LogP contribution in [-0.4, -0.2) is 77.6 Å². The molecule has 27 heavy (non-hydrogen) atoms. The number of hydrogen-bond acceptors (Lipinski definition) is 6. The first-order valence-electron chi connectivity index (χ1n) is 9.49. The van der Waals surface area contributed by atoms with E-state index in [4.69, 9.17) is 4.52 Å². The summed E-state index contributed by atoms with van der Waals surface area (Å²) in [5.41, 5.74) is -0.162. The number of carbonyl (C=O) groups is 1. The molecule has 0 aliphatic carbocycles. The Hall–Kier alpha value is -2.16. The fraction of sp³-hybridized carbons (Fsp3) is 0.778. The molecule has 1 aromatic heterocycles. The number of carbonyl (C=O) groups excluding carboxylic acids is 1. The summed E-state index contributed by atoms with van der Waals surface area (Å²) in [5.74, 6) is 2.13. The number of aliphatic imine (C=N–C) groups is 1. The van der Waals surface area contributed by atoms with Gasteiger partial charge >= 0.3 is 0 Å². The minimum Gasteiger partial charge on any atom is -0.353 e. The zero-order valence-corrected chi connectivity index (χ0v) is 17.4. The average molecular weight is 380 g/mol. The second-order valence-electron chi connectivity index (χ2n) is 8.15. The van der Waals surface area contributed by atoms with Gasteiger partial charge in [0.05, 0.1) is 13.1 Å². The molecule has 152 valence electrons. The number of amides is 1. The molecule has 0 radical (unpaired) electrons. The van der Waals surface area contributed by atoms with Crippen LogP contribution in [0, 0.1) is 0 Å². The Kier molecular flexibility index (Phi) is 7.18. The van der Waals surface area contributed by atoms with Crippen molar-refractivity contribution in [3.63, 3.8) is 0 Å². The van der Waals surface area contributed by atoms with Crippen LogP contribution in [0.3, 0.4) is 0 Å². The van der Waals surface area contributed by atoms with Crippen molar-refractivity contribution >= 4 is 11.9 Å². The topological polar surface area (TPSA) is 98.9 Å². The first-order valence-corrected chi connectivity index (χ1v) is 9.49. The van der Waals surface area contributed by atoms with E-state index in [0.717, 1.165) is 32.1 Å². The van der Waals surface area contributed by atoms with Crippen molar-refractivity contribution in [3.8, 4) is 0 Å². The molecule has 9 nitrogen and oxygen atoms in total. The molecule has 2 N–H and O–H groups in total. The van der Waals surface area contributed by atoms with E-state index in [0.29, 0.717) is 24.8 Å². The van der Waals surface area contributed by atoms with Gasteiger partial charge in [0, 0.05) is 44.7 Å². The molecular weight excluding hydrogens is 346 g/mol. The van der Waals surface area contributed by atoms with Gasteiger partial charge in [-0.1, -0.05) is 25.9 Å². The molecule has 0 atom stereocenters. The van der Waals surface area contributed by atoms with Crippen LogP contribution in [0.4, 0.5) is 0 Å². The maximum absolute atomic E-state index is 11.9. The highest BCUT2D eigenvalue weighted by molar-refractivity contribution is 5.80. The fourth-order valence-corrected chi connectivity index (χ4v) is 2.81. The Labute approximate surface area is 161 Å². The molecule has 2 heterocycles. The lowest BCUT2D eigenvalue weighted by molar-refractivity contribution is -0.123. The van der Waals surface area contributed by atoms with E-state index >= 15 is 0 Å². The third-order valence-corrected chi connectivity index (χ3v) is 4.21. The molecule has 1 aliphatic rings. The van der Waals surface area contributed by atoms with Gasteiger partial charge in [-0.05, 0) is 13.8 Å². The molecule has 9 heteroatoms. The lowest BCUT2D eigenvalue weighted by atomic mass is 9.97. The van der Waals surface area contributed by atoms with E-state index in [1.807, 2.05) is 34.6 Å². The second kappa shape index (κ2) is 9.16. The Morgan fingerprint density at radius 1 is 1.26 bits per heavy atom. The standard InChI is InChI=1S/C18H33N7O2/c1-13(2)21-15(26)12-24-7-9-25(10-8-24)17(19-6)20-11-14-22-16(27-23-14)18(3,4)5/h13H,7-12H2,1-6H3,(H,19,20)(H,21,26). The van der Waals surface area contributed by atoms with E-state index < -0.39 is 0 Å². The molecule has 2 rings (SSSR count). The van der Waals surface area contributed by atoms with Crippen molar-refractivity contribution in [2.24, 2.45) is 4.99 Å². The third-order valence-electron chi connectivity index (χ3n) is 4.21. The Bertz CT molecular complexity index is 640. The van der Waals surface area contributed by atoms with Crippen LogP contribution in [0.5, 0.6) is 0 Å². The van der Waals surface area contributed by atoms with Crippen LogP contribution < -0.4 is 10.6 Å². The smallest absolute Gasteiger partial charge is 0.234 e. The quantitative estimate of drug-likeness (QED) is 0.570. The summed E-state index contributed by atoms with van der Waals surface area (Å²) in [5, 5.41) is 10.3. The number of nitrogens with one attached hydrogen (secondary N) is 2. The molecule has 0 spiro atoms. The van der Waals surface area contributed by atoms with Crippen molar-refractivity contribution in [1.29, 1.82) is 0 Å². The highest BCUT2D eigenvalue weighted by Crippen LogP contribution is 2.19. The van der Waals surface area contributed by atoms with Crippen molar-refractivity contribution < 1.29 is 9.32 Å². The number of hydrogen-bond donors (Lipinski definition) is 2. The van der Waals surface area contributed by atoms with Gasteiger partial charge in [0.15, 0.2) is 11.8 Å². The number of nitrogens with zero attached hydrogens (tertiary/aromatic N) is 5. The summed E-state index contributed by atoms with van der Waals surface area (Å²) in [7, 11) is 1.77. The lowest BCUT2D eigenvalue weighted by Crippen LogP contribution is -2.54. The summed E-state index contributed by atoms with van der Waals surface area (Å²) in [6, 6.07) is 0.172. The number of guanidine groups is 1. The Morgan fingerprint density at radius 2 is 1.93 bits per heavy atom. The van der Waals surface area contributed by atoms with E-state index in [9.17, 15) is 4.79 Å². The summed E-state index contributed by atoms with van der Waals surface area (Å²) in [4.78, 5) is 25.0. The van der Waals surface area contributed by atoms with Gasteiger partial charge in [-0.3, -0.25) is 14.7 Å². The monoisotopic (exact) mass is 379 g/mol. The SMILES string of the molecule is CN=C(NCc1noc(C(C)(C)C)n1)N1CCN(CC(=O)NC(C)C)CC1. The van der Waals surface area contributed by atoms with E-state index in [-0.39, 0.29) is 17.4 Å². The van der Waals surface area contributed by atoms with Crippen LogP contribution in [0.15, 0.2) is 9.52 Å². The first kappa shape index (κ1) is 21.1. The maximum atomic E-state index is 11.9. The summed E-state index contributed by atoms with van der Waals surface area (Å²) < 4.78 is 5.32. The maximum Gasteiger partial charge on any atom is 0.234 e. The number of rotatable bonds is 5. The molecule has 1 amide bonds. The lowest BCUT2D eigenvalue weighted by Gasteiger charge is -2.36. The van der Waals surface area contributed by atoms with E-state index in [2.05, 4.69) is 35.6 Å². The molecule has 1 aromatic rings. The molecule has 0 bridgehead atoms. The van der Waals surface area contributed by atoms with Crippen molar-refractivity contribution in [3.05, 3.63) is 11.7 Å². The molecular formula is C18H33N7O2. The summed E-state index contributed by atoms with van der Waals surface area (Å²) >= 11 is 0. The predicted molar refractivity (Wildman–Crippen MR) is 104 cm³/mol. The normalized spacial score (nSPS) is 16.7. The molecule has 1 saturated heterocycles. The highest BCUT2D eigenvalue weighted by atomic mass is 16.5. The van der Waals surface area contributed by atoms with Gasteiger partial charge < -0.3 is 20.1 Å². The minimum atomic E-state index is -0.162. The highest BCUT2D eigenvalue weighted by Gasteiger charge is 2.23. The van der Waals surface area contributed by atoms with Gasteiger partial charge in [0.2, 0.25) is 11.8 Å². The third kappa shape index (κ3) is 6.50. The number of piperazine rings is 1. The zero-order chi connectivity index (χ0) is 20.0. The zero-order valence-electron chi connectivity index (χ0n) is 17.4. The Balaban J connectivity index is 1.80. The van der Waals surface area contributed by atoms with Crippen molar-refractivity contribution in [2.45, 2.75) is 52.6 Å². The van der Waals surface area contributed by atoms with Gasteiger partial charge in [-0.25, -0.2) is 0 Å². The van der Waals surface area contributed by atoms with Crippen LogP contribution in [0.25, 0.3) is 0 Å². The van der Waals surface area contributed by atoms with E-state index in [1.165, 1.54) is 0 Å². The average Bonchev–Trinajstić information content (AvgIpc) is 3.05. The molecule has 0 aromatic carbocycles. The first-order chi connectivity index (χ1) is 12.7. The van der Waals surface area contributed by atoms with Crippen LogP contribution >= 0.6 is 0 Å². The molecule has 0 saturated carbocycles. The van der Waals surface area contributed by atoms with Crippen molar-refractivity contribution in [2.75, 3.05) is 39.8 Å². The fourth-order valence-electron chi connectivity index (χ4n) is 2.81. The number of aromatic nitrogens is 2. The van der Waals surface area contributed by atoms with Gasteiger partial charge in [-0.15, -0.1) is 0 Å². The predicted octanol–water partition coefficient (Wildman–Crippen LogP) is 0.585. The van der Waals surface area contributed by atoms with Gasteiger partial charge in [0.1, 0.15) is 0 Å². The largest absolute Gasteiger partial charge is 0.353 e. The van der Waals surface area contributed by atoms with Gasteiger partial charge in [0.25, 0.3) is 0 Å².